The zero-order chi connectivity index (χ0) is 40.3. The Bertz CT molecular complexity index is 1210. The number of benzene rings is 2. The molecule has 0 bridgehead atoms. The maximum Gasteiger partial charge on any atom is 0.135 e. The highest BCUT2D eigenvalue weighted by atomic mass is 16.5. The summed E-state index contributed by atoms with van der Waals surface area (Å²) in [4.78, 5) is 9.19. The van der Waals surface area contributed by atoms with Crippen LogP contribution in [0, 0.1) is 0 Å². The number of aromatic hydroxyl groups is 2. The van der Waals surface area contributed by atoms with Crippen LogP contribution >= 0.6 is 0 Å². The lowest BCUT2D eigenvalue weighted by Crippen LogP contribution is -2.04. The van der Waals surface area contributed by atoms with E-state index < -0.39 is 0 Å². The zero-order valence-electron chi connectivity index (χ0n) is 36.1. The predicted molar refractivity (Wildman–Crippen MR) is 237 cm³/mol. The molecule has 2 rings (SSSR count). The van der Waals surface area contributed by atoms with Crippen molar-refractivity contribution in [1.29, 1.82) is 0 Å². The van der Waals surface area contributed by atoms with E-state index in [1.165, 1.54) is 103 Å². The number of unbranched alkanes of at least 4 members (excludes halogenated alkanes) is 20. The second kappa shape index (κ2) is 33.7. The van der Waals surface area contributed by atoms with Crippen molar-refractivity contribution in [2.45, 2.75) is 182 Å². The number of phenolic OH excluding ortho intramolecular Hbond substituents is 2. The molecule has 2 aromatic carbocycles. The molecule has 0 spiro atoms. The largest absolute Gasteiger partial charge is 0.507 e. The van der Waals surface area contributed by atoms with E-state index in [0.717, 1.165) is 51.4 Å². The lowest BCUT2D eigenvalue weighted by molar-refractivity contribution is 0.286. The minimum absolute atomic E-state index is 0.0894. The summed E-state index contributed by atoms with van der Waals surface area (Å²) in [5.74, 6) is 2.57. The van der Waals surface area contributed by atoms with E-state index in [1.54, 1.807) is 24.6 Å². The molecule has 0 fully saturated rings. The molecule has 0 amide bonds. The van der Waals surface area contributed by atoms with Gasteiger partial charge in [0.05, 0.1) is 50.6 Å². The van der Waals surface area contributed by atoms with Crippen LogP contribution in [0.25, 0.3) is 0 Å². The van der Waals surface area contributed by atoms with Crippen LogP contribution in [0.2, 0.25) is 0 Å². The molecule has 8 heteroatoms. The third-order valence-electron chi connectivity index (χ3n) is 10.0. The maximum absolute atomic E-state index is 11.0. The number of ether oxygens (including phenoxy) is 4. The highest BCUT2D eigenvalue weighted by Crippen LogP contribution is 2.34. The molecule has 8 nitrogen and oxygen atoms in total. The normalized spacial score (nSPS) is 11.6. The molecule has 56 heavy (non-hydrogen) atoms. The summed E-state index contributed by atoms with van der Waals surface area (Å²) >= 11 is 0. The summed E-state index contributed by atoms with van der Waals surface area (Å²) < 4.78 is 24.5. The Morgan fingerprint density at radius 3 is 1.00 bits per heavy atom. The third kappa shape index (κ3) is 23.0. The molecule has 0 aliphatic rings. The second-order valence-electron chi connectivity index (χ2n) is 15.2. The van der Waals surface area contributed by atoms with Gasteiger partial charge < -0.3 is 29.2 Å². The van der Waals surface area contributed by atoms with Crippen LogP contribution in [-0.2, 0) is 0 Å². The lowest BCUT2D eigenvalue weighted by Gasteiger charge is -2.14. The Hall–Kier alpha value is -3.42. The van der Waals surface area contributed by atoms with E-state index >= 15 is 0 Å². The lowest BCUT2D eigenvalue weighted by atomic mass is 10.1. The van der Waals surface area contributed by atoms with Crippen LogP contribution in [-0.4, -0.2) is 62.2 Å². The van der Waals surface area contributed by atoms with Crippen LogP contribution in [0.5, 0.6) is 34.5 Å². The van der Waals surface area contributed by atoms with Crippen LogP contribution in [0.1, 0.15) is 193 Å². The average molecular weight is 781 g/mol. The second-order valence-corrected chi connectivity index (χ2v) is 15.2. The van der Waals surface area contributed by atoms with Gasteiger partial charge in [-0.2, -0.15) is 0 Å². The summed E-state index contributed by atoms with van der Waals surface area (Å²) in [7, 11) is 0. The highest BCUT2D eigenvalue weighted by molar-refractivity contribution is 5.88. The first-order valence-corrected chi connectivity index (χ1v) is 22.8. The first-order chi connectivity index (χ1) is 27.5. The molecule has 2 aromatic rings. The molecule has 0 radical (unpaired) electrons. The monoisotopic (exact) mass is 781 g/mol. The number of rotatable bonds is 37. The molecular weight excluding hydrogens is 701 g/mol. The van der Waals surface area contributed by atoms with Gasteiger partial charge in [-0.25, -0.2) is 0 Å². The van der Waals surface area contributed by atoms with E-state index in [0.29, 0.717) is 73.6 Å². The average Bonchev–Trinajstić information content (AvgIpc) is 3.19. The van der Waals surface area contributed by atoms with E-state index in [4.69, 9.17) is 18.9 Å². The molecule has 0 saturated heterocycles. The number of hydrogen-bond donors (Lipinski definition) is 2. The van der Waals surface area contributed by atoms with Gasteiger partial charge in [0.2, 0.25) is 0 Å². The first-order valence-electron chi connectivity index (χ1n) is 22.8. The van der Waals surface area contributed by atoms with Crippen molar-refractivity contribution in [2.75, 3.05) is 39.5 Å². The van der Waals surface area contributed by atoms with Crippen LogP contribution < -0.4 is 18.9 Å². The number of hydrogen-bond acceptors (Lipinski definition) is 8. The maximum atomic E-state index is 11.0. The standard InChI is InChI=1S/C48H80N2O6/c1-5-9-13-17-21-25-31-53-41-35-45(51)43(47(37-41)55-33-27-23-19-15-11-7-3)39-49-29-30-50-40-44-46(52)36-42(54-32-26-22-18-14-10-6-2)38-48(44)56-34-28-24-20-16-12-8-4/h35-40,51-52H,5-34H2,1-4H3. The van der Waals surface area contributed by atoms with E-state index in [2.05, 4.69) is 37.7 Å². The van der Waals surface area contributed by atoms with Gasteiger partial charge in [-0.3, -0.25) is 9.98 Å². The zero-order valence-corrected chi connectivity index (χ0v) is 36.1. The van der Waals surface area contributed by atoms with Crippen molar-refractivity contribution in [3.63, 3.8) is 0 Å². The van der Waals surface area contributed by atoms with Gasteiger partial charge in [0.15, 0.2) is 0 Å². The molecule has 0 heterocycles. The SMILES string of the molecule is CCCCCCCCOc1cc(O)c(C=NCCN=Cc2c(O)cc(OCCCCCCCC)cc2OCCCCCCCC)c(OCCCCCCCC)c1. The van der Waals surface area contributed by atoms with Gasteiger partial charge in [-0.05, 0) is 25.7 Å². The van der Waals surface area contributed by atoms with Gasteiger partial charge >= 0.3 is 0 Å². The Morgan fingerprint density at radius 2 is 0.679 bits per heavy atom. The van der Waals surface area contributed by atoms with Gasteiger partial charge in [0, 0.05) is 36.7 Å². The fourth-order valence-corrected chi connectivity index (χ4v) is 6.54. The van der Waals surface area contributed by atoms with Crippen molar-refractivity contribution in [2.24, 2.45) is 9.98 Å². The van der Waals surface area contributed by atoms with Crippen molar-refractivity contribution in [3.8, 4) is 34.5 Å². The summed E-state index contributed by atoms with van der Waals surface area (Å²) in [5, 5.41) is 22.1. The molecular formula is C48H80N2O6. The summed E-state index contributed by atoms with van der Waals surface area (Å²) in [6.07, 6.45) is 31.7. The molecule has 0 saturated carbocycles. The van der Waals surface area contributed by atoms with Crippen molar-refractivity contribution in [1.82, 2.24) is 0 Å². The topological polar surface area (TPSA) is 102 Å². The Morgan fingerprint density at radius 1 is 0.393 bits per heavy atom. The fraction of sp³-hybridized carbons (Fsp3) is 0.708. The Balaban J connectivity index is 2.05. The molecule has 0 aromatic heterocycles. The van der Waals surface area contributed by atoms with Crippen LogP contribution in [0.15, 0.2) is 34.3 Å². The van der Waals surface area contributed by atoms with E-state index in [-0.39, 0.29) is 11.5 Å². The third-order valence-corrected chi connectivity index (χ3v) is 10.0. The van der Waals surface area contributed by atoms with Crippen molar-refractivity contribution in [3.05, 3.63) is 35.4 Å². The summed E-state index contributed by atoms with van der Waals surface area (Å²) in [6, 6.07) is 7.07. The van der Waals surface area contributed by atoms with Crippen molar-refractivity contribution >= 4 is 12.4 Å². The van der Waals surface area contributed by atoms with Gasteiger partial charge in [-0.15, -0.1) is 0 Å². The minimum Gasteiger partial charge on any atom is -0.507 e. The minimum atomic E-state index is 0.0894. The molecule has 0 aliphatic carbocycles. The smallest absolute Gasteiger partial charge is 0.135 e. The Labute approximate surface area is 341 Å². The van der Waals surface area contributed by atoms with Crippen molar-refractivity contribution < 1.29 is 29.2 Å². The quantitative estimate of drug-likeness (QED) is 0.0523. The fourth-order valence-electron chi connectivity index (χ4n) is 6.54. The highest BCUT2D eigenvalue weighted by Gasteiger charge is 2.13. The number of phenols is 2. The summed E-state index contributed by atoms with van der Waals surface area (Å²) in [6.45, 7) is 12.1. The molecule has 0 atom stereocenters. The van der Waals surface area contributed by atoms with Crippen LogP contribution in [0.3, 0.4) is 0 Å². The predicted octanol–water partition coefficient (Wildman–Crippen LogP) is 13.6. The van der Waals surface area contributed by atoms with E-state index in [1.807, 2.05) is 12.1 Å². The molecule has 0 unspecified atom stereocenters. The molecule has 318 valence electrons. The summed E-state index contributed by atoms with van der Waals surface area (Å²) in [5.41, 5.74) is 1.10. The van der Waals surface area contributed by atoms with Gasteiger partial charge in [-0.1, -0.05) is 156 Å². The number of nitrogens with zero attached hydrogens (tertiary/aromatic N) is 2. The first kappa shape index (κ1) is 48.7. The number of aliphatic imine (C=N–C) groups is 2. The van der Waals surface area contributed by atoms with Gasteiger partial charge in [0.25, 0.3) is 0 Å². The Kier molecular flexibility index (Phi) is 29.3. The van der Waals surface area contributed by atoms with Crippen LogP contribution in [0.4, 0.5) is 0 Å². The van der Waals surface area contributed by atoms with Gasteiger partial charge in [0.1, 0.15) is 34.5 Å². The van der Waals surface area contributed by atoms with E-state index in [9.17, 15) is 10.2 Å². The molecule has 2 N–H and O–H groups in total. The molecule has 0 aliphatic heterocycles.